The van der Waals surface area contributed by atoms with Crippen LogP contribution in [0.15, 0.2) is 48.5 Å². The fourth-order valence-corrected chi connectivity index (χ4v) is 2.02. The van der Waals surface area contributed by atoms with E-state index in [0.29, 0.717) is 11.8 Å². The predicted octanol–water partition coefficient (Wildman–Crippen LogP) is 4.83. The molecular weight excluding hydrogens is 239 g/mol. The Bertz CT molecular complexity index is 441. The van der Waals surface area contributed by atoms with Gasteiger partial charge in [-0.3, -0.25) is 0 Å². The van der Waals surface area contributed by atoms with Crippen molar-refractivity contribution < 1.29 is 0 Å². The normalized spacial score (nSPS) is 10.4. The third kappa shape index (κ3) is 2.58. The number of rotatable bonds is 3. The number of halogens is 2. The van der Waals surface area contributed by atoms with E-state index in [4.69, 9.17) is 23.2 Å². The Balaban J connectivity index is 2.48. The van der Waals surface area contributed by atoms with Crippen molar-refractivity contribution in [3.05, 3.63) is 59.7 Å². The first-order chi connectivity index (χ1) is 7.83. The first kappa shape index (κ1) is 11.5. The number of alkyl halides is 2. The molecule has 0 aliphatic heterocycles. The lowest BCUT2D eigenvalue weighted by molar-refractivity contribution is 1.32. The van der Waals surface area contributed by atoms with Gasteiger partial charge in [-0.25, -0.2) is 0 Å². The standard InChI is InChI=1S/C14H12Cl2/c15-9-11-6-12(10-16)8-14(7-11)13-4-2-1-3-5-13/h1-8H,9-10H2. The molecule has 0 saturated carbocycles. The highest BCUT2D eigenvalue weighted by atomic mass is 35.5. The first-order valence-corrected chi connectivity index (χ1v) is 6.20. The van der Waals surface area contributed by atoms with Gasteiger partial charge in [0.1, 0.15) is 0 Å². The summed E-state index contributed by atoms with van der Waals surface area (Å²) in [5, 5.41) is 0. The molecule has 2 aromatic carbocycles. The van der Waals surface area contributed by atoms with Gasteiger partial charge in [0, 0.05) is 11.8 Å². The third-order valence-corrected chi connectivity index (χ3v) is 3.09. The van der Waals surface area contributed by atoms with Crippen molar-refractivity contribution in [2.75, 3.05) is 0 Å². The summed E-state index contributed by atoms with van der Waals surface area (Å²) in [6.45, 7) is 0. The molecule has 0 aromatic heterocycles. The van der Waals surface area contributed by atoms with Crippen molar-refractivity contribution in [3.63, 3.8) is 0 Å². The van der Waals surface area contributed by atoms with E-state index in [-0.39, 0.29) is 0 Å². The second-order valence-corrected chi connectivity index (χ2v) is 4.21. The van der Waals surface area contributed by atoms with Gasteiger partial charge in [-0.2, -0.15) is 0 Å². The molecule has 0 fully saturated rings. The lowest BCUT2D eigenvalue weighted by atomic mass is 10.0. The summed E-state index contributed by atoms with van der Waals surface area (Å²) in [6.07, 6.45) is 0. The van der Waals surface area contributed by atoms with Gasteiger partial charge in [0.25, 0.3) is 0 Å². The molecule has 0 aliphatic rings. The van der Waals surface area contributed by atoms with Crippen molar-refractivity contribution in [2.45, 2.75) is 11.8 Å². The highest BCUT2D eigenvalue weighted by molar-refractivity contribution is 6.17. The molecule has 0 unspecified atom stereocenters. The second-order valence-electron chi connectivity index (χ2n) is 3.67. The van der Waals surface area contributed by atoms with Crippen molar-refractivity contribution in [2.24, 2.45) is 0 Å². The molecule has 0 spiro atoms. The van der Waals surface area contributed by atoms with E-state index in [1.54, 1.807) is 0 Å². The molecule has 0 N–H and O–H groups in total. The van der Waals surface area contributed by atoms with Crippen LogP contribution in [0.1, 0.15) is 11.1 Å². The van der Waals surface area contributed by atoms with E-state index < -0.39 is 0 Å². The van der Waals surface area contributed by atoms with Gasteiger partial charge >= 0.3 is 0 Å². The van der Waals surface area contributed by atoms with Crippen LogP contribution in [0.25, 0.3) is 11.1 Å². The third-order valence-electron chi connectivity index (χ3n) is 2.47. The minimum Gasteiger partial charge on any atom is -0.122 e. The second kappa shape index (κ2) is 5.38. The maximum atomic E-state index is 5.87. The van der Waals surface area contributed by atoms with E-state index in [1.165, 1.54) is 11.1 Å². The van der Waals surface area contributed by atoms with E-state index in [0.717, 1.165) is 11.1 Å². The highest BCUT2D eigenvalue weighted by Crippen LogP contribution is 2.23. The van der Waals surface area contributed by atoms with E-state index >= 15 is 0 Å². The lowest BCUT2D eigenvalue weighted by Gasteiger charge is -2.06. The van der Waals surface area contributed by atoms with E-state index in [9.17, 15) is 0 Å². The largest absolute Gasteiger partial charge is 0.122 e. The molecule has 2 aromatic rings. The van der Waals surface area contributed by atoms with Crippen molar-refractivity contribution in [1.82, 2.24) is 0 Å². The predicted molar refractivity (Wildman–Crippen MR) is 71.0 cm³/mol. The first-order valence-electron chi connectivity index (χ1n) is 5.13. The van der Waals surface area contributed by atoms with Crippen LogP contribution in [0.4, 0.5) is 0 Å². The summed E-state index contributed by atoms with van der Waals surface area (Å²) in [5.41, 5.74) is 4.59. The minimum absolute atomic E-state index is 0.518. The van der Waals surface area contributed by atoms with Crippen LogP contribution in [0.3, 0.4) is 0 Å². The summed E-state index contributed by atoms with van der Waals surface area (Å²) in [4.78, 5) is 0. The highest BCUT2D eigenvalue weighted by Gasteiger charge is 2.02. The molecule has 2 rings (SSSR count). The fraction of sp³-hybridized carbons (Fsp3) is 0.143. The summed E-state index contributed by atoms with van der Waals surface area (Å²) < 4.78 is 0. The molecule has 16 heavy (non-hydrogen) atoms. The molecule has 0 atom stereocenters. The number of hydrogen-bond donors (Lipinski definition) is 0. The minimum atomic E-state index is 0.518. The van der Waals surface area contributed by atoms with Gasteiger partial charge in [0.05, 0.1) is 0 Å². The molecule has 0 saturated heterocycles. The van der Waals surface area contributed by atoms with E-state index in [1.807, 2.05) is 24.3 Å². The monoisotopic (exact) mass is 250 g/mol. The average Bonchev–Trinajstić information content (AvgIpc) is 2.39. The van der Waals surface area contributed by atoms with Crippen LogP contribution in [0.5, 0.6) is 0 Å². The Morgan fingerprint density at radius 2 is 1.25 bits per heavy atom. The summed E-state index contributed by atoms with van der Waals surface area (Å²) in [6, 6.07) is 16.5. The van der Waals surface area contributed by atoms with Gasteiger partial charge in [0.15, 0.2) is 0 Å². The van der Waals surface area contributed by atoms with Gasteiger partial charge in [-0.15, -0.1) is 23.2 Å². The van der Waals surface area contributed by atoms with Crippen molar-refractivity contribution >= 4 is 23.2 Å². The Hall–Kier alpha value is -0.980. The number of hydrogen-bond acceptors (Lipinski definition) is 0. The molecule has 0 aliphatic carbocycles. The van der Waals surface area contributed by atoms with E-state index in [2.05, 4.69) is 24.3 Å². The molecule has 0 nitrogen and oxygen atoms in total. The number of benzene rings is 2. The molecule has 2 heteroatoms. The zero-order chi connectivity index (χ0) is 11.4. The molecule has 0 radical (unpaired) electrons. The molecule has 0 amide bonds. The fourth-order valence-electron chi connectivity index (χ4n) is 1.71. The quantitative estimate of drug-likeness (QED) is 0.685. The van der Waals surface area contributed by atoms with Crippen LogP contribution in [-0.4, -0.2) is 0 Å². The maximum absolute atomic E-state index is 5.87. The molecular formula is C14H12Cl2. The molecule has 0 bridgehead atoms. The van der Waals surface area contributed by atoms with Crippen LogP contribution >= 0.6 is 23.2 Å². The van der Waals surface area contributed by atoms with Gasteiger partial charge in [-0.1, -0.05) is 36.4 Å². The summed E-state index contributed by atoms with van der Waals surface area (Å²) in [5.74, 6) is 1.04. The van der Waals surface area contributed by atoms with Crippen LogP contribution in [0, 0.1) is 0 Å². The lowest BCUT2D eigenvalue weighted by Crippen LogP contribution is -1.87. The smallest absolute Gasteiger partial charge is 0.0474 e. The average molecular weight is 251 g/mol. The summed E-state index contributed by atoms with van der Waals surface area (Å²) in [7, 11) is 0. The van der Waals surface area contributed by atoms with Crippen molar-refractivity contribution in [1.29, 1.82) is 0 Å². The Morgan fingerprint density at radius 3 is 1.75 bits per heavy atom. The van der Waals surface area contributed by atoms with Crippen LogP contribution in [0.2, 0.25) is 0 Å². The Kier molecular flexibility index (Phi) is 3.87. The molecule has 0 heterocycles. The van der Waals surface area contributed by atoms with Gasteiger partial charge < -0.3 is 0 Å². The van der Waals surface area contributed by atoms with Crippen molar-refractivity contribution in [3.8, 4) is 11.1 Å². The molecule has 82 valence electrons. The zero-order valence-electron chi connectivity index (χ0n) is 8.79. The van der Waals surface area contributed by atoms with Gasteiger partial charge in [0.2, 0.25) is 0 Å². The Labute approximate surface area is 106 Å². The van der Waals surface area contributed by atoms with Crippen LogP contribution in [-0.2, 0) is 11.8 Å². The van der Waals surface area contributed by atoms with Gasteiger partial charge in [-0.05, 0) is 34.4 Å². The maximum Gasteiger partial charge on any atom is 0.0474 e. The summed E-state index contributed by atoms with van der Waals surface area (Å²) >= 11 is 11.7. The Morgan fingerprint density at radius 1 is 0.688 bits per heavy atom. The SMILES string of the molecule is ClCc1cc(CCl)cc(-c2ccccc2)c1. The van der Waals surface area contributed by atoms with Crippen LogP contribution < -0.4 is 0 Å². The zero-order valence-corrected chi connectivity index (χ0v) is 10.3. The topological polar surface area (TPSA) is 0 Å².